The standard InChI is InChI=1S/C67H64BN3OS/c1-64(2,3)44-27-31-48(32-28-44)70-54-33-29-46(66(7,8)9)38-53(54)68-59-55(70)39-47(67(10,11)12)40-56(59)71(60-49(41-20-15-13-16-21-41)24-19-25-50(60)42-22-17-14-18-23-42)63-61(68)69-62(73-63)43-26-34-57-51(36-43)52-37-45(65(4,5)6)30-35-58(52)72-57/h13-40H,1-12H3. The van der Waals surface area contributed by atoms with Crippen LogP contribution in [0.3, 0.4) is 0 Å². The van der Waals surface area contributed by atoms with Gasteiger partial charge in [-0.25, -0.2) is 4.98 Å². The first-order chi connectivity index (χ1) is 34.7. The number of thiazole rings is 1. The molecule has 0 unspecified atom stereocenters. The number of fused-ring (bicyclic) bond motifs is 7. The van der Waals surface area contributed by atoms with Crippen molar-refractivity contribution in [1.82, 2.24) is 4.98 Å². The Morgan fingerprint density at radius 1 is 0.438 bits per heavy atom. The SMILES string of the molecule is CC(C)(C)c1ccc(N2c3ccc(C(C)(C)C)cc3B3c4nc(-c5ccc6oc7ccc(C(C)(C)C)cc7c6c5)sc4N(c4c(-c5ccccc5)cccc4-c4ccccc4)c4cc(C(C)(C)C)cc2c43)cc1. The van der Waals surface area contributed by atoms with Crippen LogP contribution < -0.4 is 26.3 Å². The smallest absolute Gasteiger partial charge is 0.276 e. The molecule has 12 rings (SSSR count). The molecule has 73 heavy (non-hydrogen) atoms. The van der Waals surface area contributed by atoms with Crippen molar-refractivity contribution in [2.75, 3.05) is 9.80 Å². The summed E-state index contributed by atoms with van der Waals surface area (Å²) in [7, 11) is 0. The second-order valence-corrected chi connectivity index (χ2v) is 25.5. The lowest BCUT2D eigenvalue weighted by Gasteiger charge is -2.44. The molecule has 2 aliphatic heterocycles. The second-order valence-electron chi connectivity index (χ2n) is 24.5. The molecule has 2 aromatic heterocycles. The van der Waals surface area contributed by atoms with Gasteiger partial charge in [-0.3, -0.25) is 0 Å². The van der Waals surface area contributed by atoms with Gasteiger partial charge in [0.05, 0.1) is 11.3 Å². The number of nitrogens with zero attached hydrogens (tertiary/aromatic N) is 3. The van der Waals surface area contributed by atoms with Crippen LogP contribution in [-0.2, 0) is 21.7 Å². The Morgan fingerprint density at radius 2 is 0.959 bits per heavy atom. The monoisotopic (exact) mass is 969 g/mol. The highest BCUT2D eigenvalue weighted by atomic mass is 32.1. The van der Waals surface area contributed by atoms with E-state index in [1.54, 1.807) is 11.3 Å². The summed E-state index contributed by atoms with van der Waals surface area (Å²) in [6.07, 6.45) is 0. The Labute approximate surface area is 436 Å². The molecule has 4 heterocycles. The van der Waals surface area contributed by atoms with Crippen molar-refractivity contribution in [3.8, 4) is 32.8 Å². The topological polar surface area (TPSA) is 32.5 Å². The molecule has 0 aliphatic carbocycles. The van der Waals surface area contributed by atoms with Crippen molar-refractivity contribution in [1.29, 1.82) is 0 Å². The van der Waals surface area contributed by atoms with E-state index in [0.29, 0.717) is 0 Å². The van der Waals surface area contributed by atoms with Gasteiger partial charge in [-0.15, -0.1) is 0 Å². The Morgan fingerprint density at radius 3 is 1.55 bits per heavy atom. The highest BCUT2D eigenvalue weighted by Crippen LogP contribution is 2.53. The summed E-state index contributed by atoms with van der Waals surface area (Å²) in [4.78, 5) is 11.2. The number of benzene rings is 8. The van der Waals surface area contributed by atoms with Crippen LogP contribution >= 0.6 is 11.3 Å². The van der Waals surface area contributed by atoms with Gasteiger partial charge in [0.2, 0.25) is 0 Å². The normalized spacial score (nSPS) is 13.7. The average Bonchev–Trinajstić information content (AvgIpc) is 3.97. The second kappa shape index (κ2) is 16.7. The molecule has 0 spiro atoms. The highest BCUT2D eigenvalue weighted by molar-refractivity contribution is 7.22. The van der Waals surface area contributed by atoms with Gasteiger partial charge < -0.3 is 14.2 Å². The van der Waals surface area contributed by atoms with Gasteiger partial charge in [-0.05, 0) is 127 Å². The van der Waals surface area contributed by atoms with E-state index in [9.17, 15) is 0 Å². The first kappa shape index (κ1) is 46.9. The highest BCUT2D eigenvalue weighted by Gasteiger charge is 2.47. The molecule has 0 bridgehead atoms. The molecule has 4 nitrogen and oxygen atoms in total. The first-order valence-electron chi connectivity index (χ1n) is 26.0. The van der Waals surface area contributed by atoms with Crippen LogP contribution in [0.1, 0.15) is 105 Å². The number of furan rings is 1. The van der Waals surface area contributed by atoms with Crippen LogP contribution in [0.5, 0.6) is 0 Å². The minimum Gasteiger partial charge on any atom is -0.456 e. The summed E-state index contributed by atoms with van der Waals surface area (Å²) in [5.41, 5.74) is 21.9. The lowest BCUT2D eigenvalue weighted by Crippen LogP contribution is -2.62. The molecule has 0 atom stereocenters. The van der Waals surface area contributed by atoms with Crippen LogP contribution in [-0.4, -0.2) is 11.7 Å². The van der Waals surface area contributed by atoms with Crippen LogP contribution in [0.4, 0.5) is 33.4 Å². The summed E-state index contributed by atoms with van der Waals surface area (Å²) >= 11 is 1.81. The third-order valence-electron chi connectivity index (χ3n) is 15.3. The van der Waals surface area contributed by atoms with Crippen LogP contribution in [0.2, 0.25) is 0 Å². The molecular formula is C67H64BN3OS. The van der Waals surface area contributed by atoms with Crippen molar-refractivity contribution in [2.45, 2.75) is 105 Å². The lowest BCUT2D eigenvalue weighted by molar-refractivity contribution is 0.589. The molecule has 0 saturated carbocycles. The molecule has 2 aliphatic rings. The summed E-state index contributed by atoms with van der Waals surface area (Å²) < 4.78 is 6.53. The van der Waals surface area contributed by atoms with E-state index in [2.05, 4.69) is 263 Å². The first-order valence-corrected chi connectivity index (χ1v) is 26.8. The average molecular weight is 970 g/mol. The van der Waals surface area contributed by atoms with E-state index in [0.717, 1.165) is 76.7 Å². The molecule has 6 heteroatoms. The van der Waals surface area contributed by atoms with E-state index in [1.165, 1.54) is 50.2 Å². The number of anilines is 6. The fourth-order valence-electron chi connectivity index (χ4n) is 11.1. The van der Waals surface area contributed by atoms with Crippen molar-refractivity contribution >= 4 is 89.9 Å². The summed E-state index contributed by atoms with van der Waals surface area (Å²) in [5.74, 6) is 0. The van der Waals surface area contributed by atoms with E-state index >= 15 is 0 Å². The zero-order chi connectivity index (χ0) is 50.9. The van der Waals surface area contributed by atoms with E-state index in [-0.39, 0.29) is 28.4 Å². The third kappa shape index (κ3) is 7.92. The quantitative estimate of drug-likeness (QED) is 0.161. The Hall–Kier alpha value is -7.15. The maximum Gasteiger partial charge on any atom is 0.276 e. The van der Waals surface area contributed by atoms with Gasteiger partial charge >= 0.3 is 0 Å². The van der Waals surface area contributed by atoms with Crippen molar-refractivity contribution in [2.24, 2.45) is 0 Å². The summed E-state index contributed by atoms with van der Waals surface area (Å²) in [5, 5.41) is 4.36. The van der Waals surface area contributed by atoms with Crippen LogP contribution in [0.15, 0.2) is 174 Å². The number of hydrogen-bond acceptors (Lipinski definition) is 5. The predicted octanol–water partition coefficient (Wildman–Crippen LogP) is 17.3. The molecule has 0 saturated heterocycles. The van der Waals surface area contributed by atoms with Gasteiger partial charge in [0.1, 0.15) is 21.2 Å². The molecular weight excluding hydrogens is 906 g/mol. The zero-order valence-electron chi connectivity index (χ0n) is 44.4. The fourth-order valence-corrected chi connectivity index (χ4v) is 12.2. The Balaban J connectivity index is 1.21. The molecule has 0 amide bonds. The van der Waals surface area contributed by atoms with E-state index < -0.39 is 0 Å². The Bertz CT molecular complexity index is 3720. The van der Waals surface area contributed by atoms with Gasteiger partial charge in [0.15, 0.2) is 0 Å². The van der Waals surface area contributed by atoms with E-state index in [4.69, 9.17) is 9.40 Å². The molecule has 0 N–H and O–H groups in total. The van der Waals surface area contributed by atoms with Crippen molar-refractivity contribution in [3.05, 3.63) is 192 Å². The minimum atomic E-state index is -0.180. The predicted molar refractivity (Wildman–Crippen MR) is 315 cm³/mol. The maximum atomic E-state index is 6.53. The van der Waals surface area contributed by atoms with Gasteiger partial charge in [-0.1, -0.05) is 204 Å². The van der Waals surface area contributed by atoms with Gasteiger partial charge in [-0.2, -0.15) is 0 Å². The maximum absolute atomic E-state index is 6.53. The number of para-hydroxylation sites is 1. The van der Waals surface area contributed by atoms with Crippen molar-refractivity contribution < 1.29 is 4.42 Å². The summed E-state index contributed by atoms with van der Waals surface area (Å²) in [6, 6.07) is 63.6. The summed E-state index contributed by atoms with van der Waals surface area (Å²) in [6.45, 7) is 27.6. The molecule has 0 fully saturated rings. The lowest BCUT2D eigenvalue weighted by atomic mass is 9.35. The molecule has 10 aromatic rings. The Kier molecular flexibility index (Phi) is 10.7. The van der Waals surface area contributed by atoms with Gasteiger partial charge in [0, 0.05) is 50.2 Å². The number of aromatic nitrogens is 1. The van der Waals surface area contributed by atoms with Crippen LogP contribution in [0, 0.1) is 0 Å². The molecule has 362 valence electrons. The van der Waals surface area contributed by atoms with Crippen molar-refractivity contribution in [3.63, 3.8) is 0 Å². The molecule has 8 aromatic carbocycles. The van der Waals surface area contributed by atoms with Gasteiger partial charge in [0.25, 0.3) is 6.71 Å². The number of hydrogen-bond donors (Lipinski definition) is 0. The largest absolute Gasteiger partial charge is 0.456 e. The van der Waals surface area contributed by atoms with E-state index in [1.807, 2.05) is 0 Å². The minimum absolute atomic E-state index is 0.00280. The zero-order valence-corrected chi connectivity index (χ0v) is 45.2. The number of rotatable bonds is 5. The molecule has 0 radical (unpaired) electrons. The van der Waals surface area contributed by atoms with Crippen LogP contribution in [0.25, 0.3) is 54.8 Å². The fraction of sp³-hybridized carbons (Fsp3) is 0.239. The third-order valence-corrected chi connectivity index (χ3v) is 16.4.